The van der Waals surface area contributed by atoms with E-state index in [2.05, 4.69) is 47.3 Å². The summed E-state index contributed by atoms with van der Waals surface area (Å²) in [4.78, 5) is 0. The van der Waals surface area contributed by atoms with Gasteiger partial charge >= 0.3 is 7.12 Å². The first-order valence-electron chi connectivity index (χ1n) is 8.09. The zero-order valence-electron chi connectivity index (χ0n) is 15.0. The maximum atomic E-state index is 6.06. The summed E-state index contributed by atoms with van der Waals surface area (Å²) < 4.78 is 18.0. The Hall–Kier alpha value is -0.778. The molecule has 0 atom stereocenters. The molecule has 0 saturated carbocycles. The fourth-order valence-corrected chi connectivity index (χ4v) is 2.89. The zero-order chi connectivity index (χ0) is 16.6. The predicted octanol–water partition coefficient (Wildman–Crippen LogP) is 3.70. The average Bonchev–Trinajstić information content (AvgIpc) is 2.58. The van der Waals surface area contributed by atoms with Crippen LogP contribution in [0, 0.1) is 0 Å². The molecule has 3 nitrogen and oxygen atoms in total. The monoisotopic (exact) mass is 320 g/mol. The van der Waals surface area contributed by atoms with E-state index in [9.17, 15) is 0 Å². The second-order valence-corrected chi connectivity index (χ2v) is 13.9. The van der Waals surface area contributed by atoms with Crippen LogP contribution in [-0.2, 0) is 9.31 Å². The van der Waals surface area contributed by atoms with Gasteiger partial charge in [-0.15, -0.1) is 0 Å². The highest BCUT2D eigenvalue weighted by Crippen LogP contribution is 2.36. The smallest absolute Gasteiger partial charge is 0.494 e. The highest BCUT2D eigenvalue weighted by atomic mass is 28.3. The molecule has 0 unspecified atom stereocenters. The first-order chi connectivity index (χ1) is 10.0. The van der Waals surface area contributed by atoms with Crippen molar-refractivity contribution in [1.29, 1.82) is 0 Å². The topological polar surface area (TPSA) is 27.7 Å². The van der Waals surface area contributed by atoms with E-state index < -0.39 is 8.07 Å². The van der Waals surface area contributed by atoms with Crippen LogP contribution in [0.25, 0.3) is 0 Å². The summed E-state index contributed by atoms with van der Waals surface area (Å²) in [6.45, 7) is 16.2. The maximum absolute atomic E-state index is 6.06. The molecule has 1 saturated heterocycles. The second-order valence-electron chi connectivity index (χ2n) is 8.32. The lowest BCUT2D eigenvalue weighted by Crippen LogP contribution is -2.41. The van der Waals surface area contributed by atoms with Gasteiger partial charge in [-0.1, -0.05) is 31.8 Å². The molecular weight excluding hydrogens is 291 g/mol. The van der Waals surface area contributed by atoms with Crippen molar-refractivity contribution in [3.63, 3.8) is 0 Å². The summed E-state index contributed by atoms with van der Waals surface area (Å²) in [5, 5.41) is 0. The molecule has 1 aliphatic rings. The first-order valence-corrected chi connectivity index (χ1v) is 11.8. The van der Waals surface area contributed by atoms with Gasteiger partial charge in [0.1, 0.15) is 5.75 Å². The summed E-state index contributed by atoms with van der Waals surface area (Å²) >= 11 is 0. The second kappa shape index (κ2) is 6.02. The Kier molecular flexibility index (Phi) is 4.81. The van der Waals surface area contributed by atoms with Crippen LogP contribution in [0.2, 0.25) is 25.7 Å². The van der Waals surface area contributed by atoms with Crippen molar-refractivity contribution in [1.82, 2.24) is 0 Å². The van der Waals surface area contributed by atoms with Crippen molar-refractivity contribution in [2.24, 2.45) is 0 Å². The predicted molar refractivity (Wildman–Crippen MR) is 95.8 cm³/mol. The van der Waals surface area contributed by atoms with Gasteiger partial charge in [0.05, 0.1) is 17.8 Å². The molecule has 122 valence electrons. The van der Waals surface area contributed by atoms with Gasteiger partial charge in [-0.2, -0.15) is 0 Å². The van der Waals surface area contributed by atoms with E-state index in [0.717, 1.165) is 17.8 Å². The zero-order valence-corrected chi connectivity index (χ0v) is 16.0. The van der Waals surface area contributed by atoms with Gasteiger partial charge in [0.2, 0.25) is 0 Å². The lowest BCUT2D eigenvalue weighted by molar-refractivity contribution is 0.00578. The Labute approximate surface area is 136 Å². The Morgan fingerprint density at radius 2 is 1.45 bits per heavy atom. The fraction of sp³-hybridized carbons (Fsp3) is 0.647. The summed E-state index contributed by atoms with van der Waals surface area (Å²) in [7, 11) is -1.34. The van der Waals surface area contributed by atoms with Crippen LogP contribution in [0.3, 0.4) is 0 Å². The van der Waals surface area contributed by atoms with Gasteiger partial charge < -0.3 is 14.0 Å². The number of hydrogen-bond acceptors (Lipinski definition) is 3. The molecule has 1 aromatic carbocycles. The van der Waals surface area contributed by atoms with Crippen LogP contribution in [-0.4, -0.2) is 33.0 Å². The molecule has 0 N–H and O–H groups in total. The number of ether oxygens (including phenoxy) is 1. The van der Waals surface area contributed by atoms with E-state index in [1.807, 2.05) is 24.3 Å². The van der Waals surface area contributed by atoms with Crippen LogP contribution in [0.5, 0.6) is 5.75 Å². The lowest BCUT2D eigenvalue weighted by Gasteiger charge is -2.32. The van der Waals surface area contributed by atoms with Crippen molar-refractivity contribution in [3.8, 4) is 5.75 Å². The first kappa shape index (κ1) is 17.6. The van der Waals surface area contributed by atoms with Gasteiger partial charge in [0.25, 0.3) is 0 Å². The number of rotatable bonds is 5. The van der Waals surface area contributed by atoms with Crippen LogP contribution in [0.15, 0.2) is 24.3 Å². The van der Waals surface area contributed by atoms with Gasteiger partial charge in [-0.05, 0) is 51.3 Å². The third-order valence-electron chi connectivity index (χ3n) is 4.53. The molecule has 0 aromatic heterocycles. The SMILES string of the molecule is CC1(C)OB(c2ccc(OCC[Si](C)(C)C)cc2)OC1(C)C. The van der Waals surface area contributed by atoms with Gasteiger partial charge in [0, 0.05) is 8.07 Å². The normalized spacial score (nSPS) is 20.2. The molecule has 0 aliphatic carbocycles. The van der Waals surface area contributed by atoms with Crippen molar-refractivity contribution >= 4 is 20.7 Å². The quantitative estimate of drug-likeness (QED) is 0.774. The molecule has 0 radical (unpaired) electrons. The molecule has 22 heavy (non-hydrogen) atoms. The van der Waals surface area contributed by atoms with Crippen LogP contribution in [0.1, 0.15) is 27.7 Å². The molecule has 1 aromatic rings. The third-order valence-corrected chi connectivity index (χ3v) is 6.23. The lowest BCUT2D eigenvalue weighted by atomic mass is 9.79. The molecular formula is C17H29BO3Si. The summed E-state index contributed by atoms with van der Waals surface area (Å²) in [5.74, 6) is 0.915. The highest BCUT2D eigenvalue weighted by Gasteiger charge is 2.51. The van der Waals surface area contributed by atoms with Crippen LogP contribution >= 0.6 is 0 Å². The van der Waals surface area contributed by atoms with E-state index in [1.54, 1.807) is 0 Å². The minimum Gasteiger partial charge on any atom is -0.494 e. The van der Waals surface area contributed by atoms with Crippen molar-refractivity contribution in [2.75, 3.05) is 6.61 Å². The van der Waals surface area contributed by atoms with E-state index in [4.69, 9.17) is 14.0 Å². The largest absolute Gasteiger partial charge is 0.494 e. The number of benzene rings is 1. The van der Waals surface area contributed by atoms with Gasteiger partial charge in [-0.25, -0.2) is 0 Å². The van der Waals surface area contributed by atoms with Crippen molar-refractivity contribution in [3.05, 3.63) is 24.3 Å². The van der Waals surface area contributed by atoms with Crippen molar-refractivity contribution in [2.45, 2.75) is 64.6 Å². The van der Waals surface area contributed by atoms with Gasteiger partial charge in [0.15, 0.2) is 0 Å². The fourth-order valence-electron chi connectivity index (χ4n) is 2.18. The molecule has 0 spiro atoms. The molecule has 1 aliphatic heterocycles. The van der Waals surface area contributed by atoms with E-state index in [1.165, 1.54) is 6.04 Å². The standard InChI is InChI=1S/C17H29BO3Si/c1-16(2)17(3,4)21-18(20-16)14-8-10-15(11-9-14)19-12-13-22(5,6)7/h8-11H,12-13H2,1-7H3. The third kappa shape index (κ3) is 4.15. The Bertz CT molecular complexity index is 490. The van der Waals surface area contributed by atoms with E-state index >= 15 is 0 Å². The highest BCUT2D eigenvalue weighted by molar-refractivity contribution is 6.76. The average molecular weight is 320 g/mol. The van der Waals surface area contributed by atoms with Gasteiger partial charge in [-0.3, -0.25) is 0 Å². The molecule has 2 rings (SSSR count). The maximum Gasteiger partial charge on any atom is 0.494 e. The minimum atomic E-state index is -1.04. The van der Waals surface area contributed by atoms with Crippen LogP contribution < -0.4 is 10.2 Å². The number of hydrogen-bond donors (Lipinski definition) is 0. The Morgan fingerprint density at radius 1 is 0.955 bits per heavy atom. The molecule has 5 heteroatoms. The van der Waals surface area contributed by atoms with Crippen molar-refractivity contribution < 1.29 is 14.0 Å². The van der Waals surface area contributed by atoms with E-state index in [-0.39, 0.29) is 18.3 Å². The molecule has 1 heterocycles. The summed E-state index contributed by atoms with van der Waals surface area (Å²) in [5.41, 5.74) is 0.435. The Morgan fingerprint density at radius 3 is 1.91 bits per heavy atom. The van der Waals surface area contributed by atoms with Crippen LogP contribution in [0.4, 0.5) is 0 Å². The van der Waals surface area contributed by atoms with E-state index in [0.29, 0.717) is 0 Å². The minimum absolute atomic E-state index is 0.301. The molecule has 1 fully saturated rings. The Balaban J connectivity index is 1.96. The summed E-state index contributed by atoms with van der Waals surface area (Å²) in [6.07, 6.45) is 0. The molecule has 0 bridgehead atoms. The summed E-state index contributed by atoms with van der Waals surface area (Å²) in [6, 6.07) is 9.25. The molecule has 0 amide bonds.